The molecule has 3 aromatic rings. The van der Waals surface area contributed by atoms with E-state index in [0.717, 1.165) is 24.0 Å². The molecule has 2 N–H and O–H groups in total. The Hall–Kier alpha value is -2.43. The highest BCUT2D eigenvalue weighted by atomic mass is 35.5. The Morgan fingerprint density at radius 2 is 1.97 bits per heavy atom. The Labute approximate surface area is 174 Å². The van der Waals surface area contributed by atoms with Gasteiger partial charge in [0.25, 0.3) is 5.56 Å². The Morgan fingerprint density at radius 1 is 1.21 bits per heavy atom. The highest BCUT2D eigenvalue weighted by Gasteiger charge is 2.22. The van der Waals surface area contributed by atoms with Crippen LogP contribution in [0.25, 0.3) is 11.2 Å². The van der Waals surface area contributed by atoms with Gasteiger partial charge in [-0.25, -0.2) is 9.78 Å². The van der Waals surface area contributed by atoms with Crippen LogP contribution < -0.4 is 11.2 Å². The Balaban J connectivity index is 1.32. The van der Waals surface area contributed by atoms with Gasteiger partial charge in [0, 0.05) is 57.5 Å². The maximum Gasteiger partial charge on any atom is 0.329 e. The van der Waals surface area contributed by atoms with Crippen LogP contribution in [-0.2, 0) is 24.8 Å². The molecular formula is C18H21ClN6O3S. The first-order valence-electron chi connectivity index (χ1n) is 9.33. The van der Waals surface area contributed by atoms with Crippen molar-refractivity contribution in [1.82, 2.24) is 29.3 Å². The number of hydrogen-bond donors (Lipinski definition) is 2. The molecule has 1 amide bonds. The van der Waals surface area contributed by atoms with Crippen LogP contribution in [0.15, 0.2) is 21.7 Å². The zero-order valence-electron chi connectivity index (χ0n) is 15.9. The molecule has 0 atom stereocenters. The number of imidazole rings is 1. The van der Waals surface area contributed by atoms with E-state index in [1.807, 2.05) is 17.0 Å². The summed E-state index contributed by atoms with van der Waals surface area (Å²) in [6.45, 7) is 3.87. The molecule has 0 bridgehead atoms. The average molecular weight is 437 g/mol. The van der Waals surface area contributed by atoms with Crippen LogP contribution in [0, 0.1) is 0 Å². The smallest absolute Gasteiger partial charge is 0.329 e. The second-order valence-corrected chi connectivity index (χ2v) is 8.86. The largest absolute Gasteiger partial charge is 0.340 e. The third-order valence-corrected chi connectivity index (χ3v) is 6.33. The van der Waals surface area contributed by atoms with Gasteiger partial charge < -0.3 is 9.88 Å². The van der Waals surface area contributed by atoms with Crippen LogP contribution >= 0.6 is 22.9 Å². The van der Waals surface area contributed by atoms with Crippen molar-refractivity contribution in [2.24, 2.45) is 7.05 Å². The second kappa shape index (κ2) is 8.13. The molecule has 1 fully saturated rings. The van der Waals surface area contributed by atoms with Gasteiger partial charge in [0.1, 0.15) is 11.3 Å². The number of nitrogens with one attached hydrogen (secondary N) is 2. The van der Waals surface area contributed by atoms with E-state index in [9.17, 15) is 14.4 Å². The summed E-state index contributed by atoms with van der Waals surface area (Å²) < 4.78 is 2.07. The number of aromatic amines is 2. The van der Waals surface area contributed by atoms with Crippen molar-refractivity contribution in [2.45, 2.75) is 19.4 Å². The molecule has 0 radical (unpaired) electrons. The third kappa shape index (κ3) is 4.29. The number of amides is 1. The van der Waals surface area contributed by atoms with Crippen molar-refractivity contribution in [2.75, 3.05) is 26.2 Å². The van der Waals surface area contributed by atoms with Crippen LogP contribution in [0.1, 0.15) is 17.1 Å². The molecule has 29 heavy (non-hydrogen) atoms. The Morgan fingerprint density at radius 3 is 2.66 bits per heavy atom. The summed E-state index contributed by atoms with van der Waals surface area (Å²) in [6, 6.07) is 3.95. The van der Waals surface area contributed by atoms with Crippen LogP contribution in [0.4, 0.5) is 0 Å². The predicted molar refractivity (Wildman–Crippen MR) is 111 cm³/mol. The van der Waals surface area contributed by atoms with E-state index >= 15 is 0 Å². The van der Waals surface area contributed by atoms with Crippen molar-refractivity contribution in [3.05, 3.63) is 48.0 Å². The summed E-state index contributed by atoms with van der Waals surface area (Å²) >= 11 is 7.57. The molecule has 4 rings (SSSR count). The van der Waals surface area contributed by atoms with Gasteiger partial charge in [-0.15, -0.1) is 11.3 Å². The molecule has 0 saturated carbocycles. The number of halogens is 1. The highest BCUT2D eigenvalue weighted by Crippen LogP contribution is 2.23. The second-order valence-electron chi connectivity index (χ2n) is 7.06. The molecular weight excluding hydrogens is 416 g/mol. The number of carbonyl (C=O) groups is 1. The molecule has 0 spiro atoms. The number of H-pyrrole nitrogens is 2. The number of nitrogens with zero attached hydrogens (tertiary/aromatic N) is 4. The van der Waals surface area contributed by atoms with Crippen LogP contribution in [0.2, 0.25) is 4.34 Å². The molecule has 1 aliphatic rings. The molecule has 3 aromatic heterocycles. The van der Waals surface area contributed by atoms with E-state index in [2.05, 4.69) is 19.9 Å². The summed E-state index contributed by atoms with van der Waals surface area (Å²) in [5.74, 6) is 0.584. The topological polar surface area (TPSA) is 107 Å². The number of thiophene rings is 1. The van der Waals surface area contributed by atoms with Crippen molar-refractivity contribution in [3.63, 3.8) is 0 Å². The first-order valence-corrected chi connectivity index (χ1v) is 10.5. The molecule has 0 aliphatic carbocycles. The van der Waals surface area contributed by atoms with Crippen molar-refractivity contribution in [3.8, 4) is 0 Å². The van der Waals surface area contributed by atoms with E-state index < -0.39 is 11.2 Å². The molecule has 4 heterocycles. The normalized spacial score (nSPS) is 15.3. The van der Waals surface area contributed by atoms with Gasteiger partial charge in [-0.1, -0.05) is 11.6 Å². The fourth-order valence-electron chi connectivity index (χ4n) is 3.47. The van der Waals surface area contributed by atoms with E-state index in [4.69, 9.17) is 11.6 Å². The zero-order valence-corrected chi connectivity index (χ0v) is 17.5. The quantitative estimate of drug-likeness (QED) is 0.619. The SMILES string of the molecule is Cn1c(=O)[nH]c(=O)c2[nH]c(CCC(=O)N3CCN(Cc4ccc(Cl)s4)CC3)nc21. The number of hydrogen-bond acceptors (Lipinski definition) is 6. The summed E-state index contributed by atoms with van der Waals surface area (Å²) in [7, 11) is 1.54. The molecule has 9 nitrogen and oxygen atoms in total. The number of rotatable bonds is 5. The maximum atomic E-state index is 12.6. The lowest BCUT2D eigenvalue weighted by Crippen LogP contribution is -2.48. The first-order chi connectivity index (χ1) is 13.9. The molecule has 1 aliphatic heterocycles. The lowest BCUT2D eigenvalue weighted by Gasteiger charge is -2.34. The summed E-state index contributed by atoms with van der Waals surface area (Å²) in [4.78, 5) is 51.0. The molecule has 0 unspecified atom stereocenters. The van der Waals surface area contributed by atoms with E-state index in [1.54, 1.807) is 18.4 Å². The van der Waals surface area contributed by atoms with Gasteiger partial charge in [0.2, 0.25) is 5.91 Å². The first kappa shape index (κ1) is 19.9. The summed E-state index contributed by atoms with van der Waals surface area (Å²) in [6.07, 6.45) is 0.682. The number of aromatic nitrogens is 4. The average Bonchev–Trinajstić information content (AvgIpc) is 3.31. The van der Waals surface area contributed by atoms with Gasteiger partial charge in [-0.3, -0.25) is 24.0 Å². The Kier molecular flexibility index (Phi) is 5.57. The maximum absolute atomic E-state index is 12.6. The minimum Gasteiger partial charge on any atom is -0.340 e. The predicted octanol–water partition coefficient (Wildman–Crippen LogP) is 0.942. The van der Waals surface area contributed by atoms with E-state index in [-0.39, 0.29) is 11.4 Å². The lowest BCUT2D eigenvalue weighted by molar-refractivity contribution is -0.133. The summed E-state index contributed by atoms with van der Waals surface area (Å²) in [5, 5.41) is 0. The number of aryl methyl sites for hydroxylation is 2. The summed E-state index contributed by atoms with van der Waals surface area (Å²) in [5.41, 5.74) is -0.476. The monoisotopic (exact) mass is 436 g/mol. The minimum atomic E-state index is -0.515. The lowest BCUT2D eigenvalue weighted by atomic mass is 10.2. The van der Waals surface area contributed by atoms with Crippen molar-refractivity contribution in [1.29, 1.82) is 0 Å². The Bertz CT molecular complexity index is 1150. The molecule has 154 valence electrons. The zero-order chi connectivity index (χ0) is 20.5. The number of fused-ring (bicyclic) bond motifs is 1. The van der Waals surface area contributed by atoms with E-state index in [1.165, 1.54) is 9.44 Å². The molecule has 0 aromatic carbocycles. The van der Waals surface area contributed by atoms with Crippen molar-refractivity contribution < 1.29 is 4.79 Å². The third-order valence-electron chi connectivity index (χ3n) is 5.11. The van der Waals surface area contributed by atoms with Gasteiger partial charge >= 0.3 is 5.69 Å². The van der Waals surface area contributed by atoms with Crippen LogP contribution in [0.5, 0.6) is 0 Å². The fraction of sp³-hybridized carbons (Fsp3) is 0.444. The minimum absolute atomic E-state index is 0.0621. The van der Waals surface area contributed by atoms with Gasteiger partial charge in [-0.2, -0.15) is 0 Å². The molecule has 11 heteroatoms. The van der Waals surface area contributed by atoms with Crippen LogP contribution in [-0.4, -0.2) is 61.4 Å². The standard InChI is InChI=1S/C18H21ClN6O3S/c1-23-16-15(17(27)22-18(23)28)20-13(21-16)4-5-14(26)25-8-6-24(7-9-25)10-11-2-3-12(19)29-11/h2-3H,4-10H2,1H3,(H,20,21)(H,22,27,28). The molecule has 1 saturated heterocycles. The van der Waals surface area contributed by atoms with Gasteiger partial charge in [0.15, 0.2) is 5.65 Å². The van der Waals surface area contributed by atoms with Crippen LogP contribution in [0.3, 0.4) is 0 Å². The van der Waals surface area contributed by atoms with Gasteiger partial charge in [-0.05, 0) is 12.1 Å². The highest BCUT2D eigenvalue weighted by molar-refractivity contribution is 7.16. The number of carbonyl (C=O) groups excluding carboxylic acids is 1. The fourth-order valence-corrected chi connectivity index (χ4v) is 4.60. The van der Waals surface area contributed by atoms with Gasteiger partial charge in [0.05, 0.1) is 4.34 Å². The number of piperazine rings is 1. The van der Waals surface area contributed by atoms with Crippen molar-refractivity contribution >= 4 is 40.0 Å². The van der Waals surface area contributed by atoms with E-state index in [0.29, 0.717) is 37.4 Å².